The number of nitrogens with zero attached hydrogens (tertiary/aromatic N) is 4. The van der Waals surface area contributed by atoms with Crippen LogP contribution in [-0.2, 0) is 0 Å². The predicted molar refractivity (Wildman–Crippen MR) is 166 cm³/mol. The normalized spacial score (nSPS) is 18.7. The molecule has 4 aromatic rings. The summed E-state index contributed by atoms with van der Waals surface area (Å²) in [5.74, 6) is 1.28. The number of pyridine rings is 1. The molecule has 10 heteroatoms. The smallest absolute Gasteiger partial charge is 0.296 e. The first-order valence-corrected chi connectivity index (χ1v) is 14.6. The highest BCUT2D eigenvalue weighted by Gasteiger charge is 2.42. The van der Waals surface area contributed by atoms with E-state index in [4.69, 9.17) is 21.7 Å². The molecule has 6 rings (SSSR count). The van der Waals surface area contributed by atoms with Crippen molar-refractivity contribution in [1.29, 1.82) is 0 Å². The highest BCUT2D eigenvalue weighted by atomic mass is 32.1. The molecule has 0 amide bonds. The molecule has 2 atom stereocenters. The van der Waals surface area contributed by atoms with Crippen molar-refractivity contribution in [1.82, 2.24) is 14.9 Å². The van der Waals surface area contributed by atoms with Crippen molar-refractivity contribution in [3.8, 4) is 17.2 Å². The maximum atomic E-state index is 12.1. The largest absolute Gasteiger partial charge is 0.496 e. The molecular formula is C32H33N5O4S. The van der Waals surface area contributed by atoms with Gasteiger partial charge in [0.05, 0.1) is 42.0 Å². The number of hydrogen-bond acceptors (Lipinski definition) is 6. The lowest BCUT2D eigenvalue weighted by molar-refractivity contribution is -0.384. The van der Waals surface area contributed by atoms with Crippen LogP contribution >= 0.6 is 12.2 Å². The van der Waals surface area contributed by atoms with Crippen molar-refractivity contribution < 1.29 is 14.4 Å². The van der Waals surface area contributed by atoms with E-state index in [-0.39, 0.29) is 28.8 Å². The Morgan fingerprint density at radius 1 is 1.02 bits per heavy atom. The lowest BCUT2D eigenvalue weighted by atomic mass is 9.96. The average Bonchev–Trinajstić information content (AvgIpc) is 3.71. The summed E-state index contributed by atoms with van der Waals surface area (Å²) in [6.07, 6.45) is 6.67. The van der Waals surface area contributed by atoms with Gasteiger partial charge in [0.15, 0.2) is 5.11 Å². The Morgan fingerprint density at radius 2 is 1.76 bits per heavy atom. The summed E-state index contributed by atoms with van der Waals surface area (Å²) >= 11 is 5.93. The maximum Gasteiger partial charge on any atom is 0.296 e. The average molecular weight is 584 g/mol. The Hall–Kier alpha value is -4.44. The molecule has 1 saturated carbocycles. The van der Waals surface area contributed by atoms with Crippen LogP contribution in [0.2, 0.25) is 0 Å². The second kappa shape index (κ2) is 11.4. The topological polar surface area (TPSA) is 94.7 Å². The maximum absolute atomic E-state index is 12.1. The minimum Gasteiger partial charge on any atom is -0.496 e. The van der Waals surface area contributed by atoms with Crippen LogP contribution in [0.4, 0.5) is 11.4 Å². The quantitative estimate of drug-likeness (QED) is 0.136. The summed E-state index contributed by atoms with van der Waals surface area (Å²) in [6, 6.07) is 20.5. The van der Waals surface area contributed by atoms with Gasteiger partial charge in [0.1, 0.15) is 17.2 Å². The second-order valence-corrected chi connectivity index (χ2v) is 11.2. The van der Waals surface area contributed by atoms with E-state index in [1.54, 1.807) is 18.3 Å². The number of nitro benzene ring substituents is 1. The highest BCUT2D eigenvalue weighted by Crippen LogP contribution is 2.44. The fraction of sp³-hybridized carbons (Fsp3) is 0.312. The molecule has 1 N–H and O–H groups in total. The Labute approximate surface area is 250 Å². The zero-order valence-corrected chi connectivity index (χ0v) is 24.6. The monoisotopic (exact) mass is 583 g/mol. The fourth-order valence-electron chi connectivity index (χ4n) is 6.26. The number of benzene rings is 2. The first-order valence-electron chi connectivity index (χ1n) is 14.1. The predicted octanol–water partition coefficient (Wildman–Crippen LogP) is 6.90. The summed E-state index contributed by atoms with van der Waals surface area (Å²) in [6.45, 7) is 3.95. The first-order chi connectivity index (χ1) is 20.4. The molecule has 216 valence electrons. The molecule has 0 radical (unpaired) electrons. The third-order valence-electron chi connectivity index (χ3n) is 8.23. The molecule has 2 aromatic carbocycles. The number of hydrogen-bond donors (Lipinski definition) is 1. The lowest BCUT2D eigenvalue weighted by Gasteiger charge is -2.28. The Bertz CT molecular complexity index is 1620. The van der Waals surface area contributed by atoms with Gasteiger partial charge in [-0.1, -0.05) is 6.07 Å². The second-order valence-electron chi connectivity index (χ2n) is 10.8. The molecule has 2 fully saturated rings. The molecule has 1 aliphatic carbocycles. The number of nitro groups is 1. The number of nitrogens with one attached hydrogen (secondary N) is 1. The molecule has 0 unspecified atom stereocenters. The number of thiocarbonyl (C=S) groups is 1. The van der Waals surface area contributed by atoms with Gasteiger partial charge in [0.25, 0.3) is 5.69 Å². The Morgan fingerprint density at radius 3 is 2.43 bits per heavy atom. The zero-order valence-electron chi connectivity index (χ0n) is 23.8. The number of aromatic nitrogens is 2. The van der Waals surface area contributed by atoms with Gasteiger partial charge < -0.3 is 24.3 Å². The van der Waals surface area contributed by atoms with Gasteiger partial charge in [0.2, 0.25) is 0 Å². The molecule has 1 aliphatic heterocycles. The van der Waals surface area contributed by atoms with Crippen molar-refractivity contribution in [2.45, 2.75) is 57.7 Å². The molecule has 1 saturated heterocycles. The number of ether oxygens (including phenoxy) is 2. The number of methoxy groups -OCH3 is 1. The van der Waals surface area contributed by atoms with E-state index in [0.29, 0.717) is 16.5 Å². The van der Waals surface area contributed by atoms with Gasteiger partial charge in [-0.3, -0.25) is 15.1 Å². The van der Waals surface area contributed by atoms with Gasteiger partial charge in [-0.05, 0) is 112 Å². The molecule has 2 aliphatic rings. The van der Waals surface area contributed by atoms with Crippen molar-refractivity contribution in [2.24, 2.45) is 0 Å². The van der Waals surface area contributed by atoms with E-state index >= 15 is 0 Å². The summed E-state index contributed by atoms with van der Waals surface area (Å²) in [5, 5.41) is 16.2. The Balaban J connectivity index is 1.44. The van der Waals surface area contributed by atoms with Crippen LogP contribution in [0, 0.1) is 24.0 Å². The van der Waals surface area contributed by atoms with Gasteiger partial charge in [-0.2, -0.15) is 0 Å². The number of rotatable bonds is 8. The highest BCUT2D eigenvalue weighted by molar-refractivity contribution is 7.80. The summed E-state index contributed by atoms with van der Waals surface area (Å²) in [4.78, 5) is 18.5. The summed E-state index contributed by atoms with van der Waals surface area (Å²) in [5.41, 5.74) is 4.97. The van der Waals surface area contributed by atoms with Crippen LogP contribution < -0.4 is 19.7 Å². The van der Waals surface area contributed by atoms with E-state index in [0.717, 1.165) is 46.9 Å². The minimum absolute atomic E-state index is 0.0289. The molecule has 42 heavy (non-hydrogen) atoms. The van der Waals surface area contributed by atoms with Crippen molar-refractivity contribution in [2.75, 3.05) is 12.0 Å². The van der Waals surface area contributed by atoms with Crippen LogP contribution in [0.25, 0.3) is 5.69 Å². The van der Waals surface area contributed by atoms with Gasteiger partial charge in [-0.15, -0.1) is 0 Å². The van der Waals surface area contributed by atoms with Gasteiger partial charge >= 0.3 is 0 Å². The van der Waals surface area contributed by atoms with E-state index in [9.17, 15) is 10.1 Å². The molecular weight excluding hydrogens is 550 g/mol. The van der Waals surface area contributed by atoms with Gasteiger partial charge in [-0.25, -0.2) is 0 Å². The minimum atomic E-state index is -0.374. The molecule has 0 spiro atoms. The van der Waals surface area contributed by atoms with Crippen molar-refractivity contribution in [3.05, 3.63) is 106 Å². The van der Waals surface area contributed by atoms with E-state index < -0.39 is 0 Å². The molecule has 0 bridgehead atoms. The molecule has 9 nitrogen and oxygen atoms in total. The van der Waals surface area contributed by atoms with E-state index in [1.165, 1.54) is 26.0 Å². The lowest BCUT2D eigenvalue weighted by Crippen LogP contribution is -2.29. The summed E-state index contributed by atoms with van der Waals surface area (Å²) < 4.78 is 13.4. The summed E-state index contributed by atoms with van der Waals surface area (Å²) in [7, 11) is 1.50. The fourth-order valence-corrected chi connectivity index (χ4v) is 6.60. The number of anilines is 1. The van der Waals surface area contributed by atoms with E-state index in [1.807, 2.05) is 60.9 Å². The van der Waals surface area contributed by atoms with Crippen LogP contribution in [-0.4, -0.2) is 32.8 Å². The Kier molecular flexibility index (Phi) is 7.55. The molecule has 3 heterocycles. The van der Waals surface area contributed by atoms with Crippen LogP contribution in [0.1, 0.15) is 60.4 Å². The van der Waals surface area contributed by atoms with Crippen LogP contribution in [0.5, 0.6) is 11.5 Å². The SMILES string of the molecule is COc1ccc(-n2c(C)cc([C@H]3[C@@H](c4ccccn4)NC(=S)N3c3ccc(OC4CCCC4)cc3)c2C)c([N+](=O)[O-])c1. The van der Waals surface area contributed by atoms with E-state index in [2.05, 4.69) is 21.3 Å². The van der Waals surface area contributed by atoms with Crippen molar-refractivity contribution >= 4 is 28.7 Å². The standard InChI is InChI=1S/C32H33N5O4S/c1-20-18-26(21(2)35(20)28-16-15-25(40-3)19-29(28)37(38)39)31-30(27-10-6-7-17-33-27)34-32(42)36(31)22-11-13-24(14-12-22)41-23-8-4-5-9-23/h6-7,10-19,23,30-31H,4-5,8-9H2,1-3H3,(H,34,42)/t30-,31+/m1/s1. The van der Waals surface area contributed by atoms with Gasteiger partial charge in [0, 0.05) is 23.3 Å². The zero-order chi connectivity index (χ0) is 29.4. The van der Waals surface area contributed by atoms with Crippen LogP contribution in [0.3, 0.4) is 0 Å². The van der Waals surface area contributed by atoms with Crippen molar-refractivity contribution in [3.63, 3.8) is 0 Å². The first kappa shape index (κ1) is 27.7. The van der Waals surface area contributed by atoms with Crippen LogP contribution in [0.15, 0.2) is 72.9 Å². The molecule has 2 aromatic heterocycles. The number of aryl methyl sites for hydroxylation is 1. The third-order valence-corrected chi connectivity index (χ3v) is 8.54. The third kappa shape index (κ3) is 5.07.